The van der Waals surface area contributed by atoms with E-state index in [1.165, 1.54) is 0 Å². The van der Waals surface area contributed by atoms with Gasteiger partial charge in [0.1, 0.15) is 5.69 Å². The minimum absolute atomic E-state index is 0.0971. The quantitative estimate of drug-likeness (QED) is 0.715. The maximum absolute atomic E-state index is 12.5. The lowest BCUT2D eigenvalue weighted by atomic mass is 10.1. The Labute approximate surface area is 148 Å². The molecule has 3 heterocycles. The van der Waals surface area contributed by atoms with Gasteiger partial charge in [0.15, 0.2) is 10.6 Å². The van der Waals surface area contributed by atoms with Crippen LogP contribution in [0.25, 0.3) is 15.6 Å². The van der Waals surface area contributed by atoms with Gasteiger partial charge in [0.25, 0.3) is 0 Å². The molecule has 0 radical (unpaired) electrons. The monoisotopic (exact) mass is 361 g/mol. The fourth-order valence-electron chi connectivity index (χ4n) is 3.04. The Balaban J connectivity index is 2.42. The molecule has 7 heteroatoms. The summed E-state index contributed by atoms with van der Waals surface area (Å²) in [5.74, 6) is -1.24. The first-order valence-electron chi connectivity index (χ1n) is 8.01. The van der Waals surface area contributed by atoms with Gasteiger partial charge in [-0.05, 0) is 38.8 Å². The summed E-state index contributed by atoms with van der Waals surface area (Å²) in [5, 5.41) is 11.1. The number of aryl methyl sites for hydroxylation is 2. The molecule has 3 rings (SSSR count). The summed E-state index contributed by atoms with van der Waals surface area (Å²) in [6, 6.07) is 1.96. The molecule has 0 saturated heterocycles. The lowest BCUT2D eigenvalue weighted by Gasteiger charge is -2.07. The van der Waals surface area contributed by atoms with Gasteiger partial charge in [0, 0.05) is 6.20 Å². The fourth-order valence-corrected chi connectivity index (χ4v) is 4.16. The lowest BCUT2D eigenvalue weighted by Crippen LogP contribution is -2.08. The van der Waals surface area contributed by atoms with Crippen LogP contribution in [0, 0.1) is 13.8 Å². The van der Waals surface area contributed by atoms with Crippen LogP contribution < -0.4 is 0 Å². The molecule has 0 spiro atoms. The number of rotatable bonds is 4. The largest absolute Gasteiger partial charge is 0.505 e. The third-order valence-electron chi connectivity index (χ3n) is 3.90. The van der Waals surface area contributed by atoms with Gasteiger partial charge in [-0.3, -0.25) is 0 Å². The van der Waals surface area contributed by atoms with Crippen molar-refractivity contribution in [3.05, 3.63) is 34.0 Å². The van der Waals surface area contributed by atoms with Crippen LogP contribution in [-0.4, -0.2) is 34.7 Å². The Morgan fingerprint density at radius 2 is 1.80 bits per heavy atom. The van der Waals surface area contributed by atoms with Gasteiger partial charge in [-0.25, -0.2) is 9.59 Å². The summed E-state index contributed by atoms with van der Waals surface area (Å²) in [6.45, 7) is 7.71. The molecule has 0 saturated carbocycles. The number of ether oxygens (including phenoxy) is 2. The van der Waals surface area contributed by atoms with Crippen molar-refractivity contribution in [3.8, 4) is 5.75 Å². The molecule has 0 fully saturated rings. The van der Waals surface area contributed by atoms with Crippen molar-refractivity contribution in [2.24, 2.45) is 0 Å². The highest BCUT2D eigenvalue weighted by Crippen LogP contribution is 2.44. The molecule has 6 nitrogen and oxygen atoms in total. The first-order chi connectivity index (χ1) is 11.9. The molecule has 0 aromatic carbocycles. The molecule has 0 atom stereocenters. The zero-order valence-corrected chi connectivity index (χ0v) is 15.3. The number of fused-ring (bicyclic) bond motifs is 3. The fraction of sp³-hybridized carbons (Fsp3) is 0.333. The Morgan fingerprint density at radius 1 is 1.16 bits per heavy atom. The second kappa shape index (κ2) is 6.40. The first-order valence-corrected chi connectivity index (χ1v) is 8.83. The molecule has 132 valence electrons. The van der Waals surface area contributed by atoms with Crippen molar-refractivity contribution < 1.29 is 24.2 Å². The summed E-state index contributed by atoms with van der Waals surface area (Å²) < 4.78 is 12.4. The number of pyridine rings is 1. The normalized spacial score (nSPS) is 11.2. The van der Waals surface area contributed by atoms with E-state index in [2.05, 4.69) is 0 Å². The van der Waals surface area contributed by atoms with Gasteiger partial charge in [-0.1, -0.05) is 6.07 Å². The minimum Gasteiger partial charge on any atom is -0.505 e. The topological polar surface area (TPSA) is 77.2 Å². The summed E-state index contributed by atoms with van der Waals surface area (Å²) in [4.78, 5) is 24.8. The molecule has 0 amide bonds. The third kappa shape index (κ3) is 2.64. The molecule has 3 aromatic heterocycles. The zero-order chi connectivity index (χ0) is 18.3. The van der Waals surface area contributed by atoms with Crippen LogP contribution in [0.15, 0.2) is 12.3 Å². The summed E-state index contributed by atoms with van der Waals surface area (Å²) >= 11 is 1.05. The van der Waals surface area contributed by atoms with E-state index in [4.69, 9.17) is 9.47 Å². The van der Waals surface area contributed by atoms with Crippen molar-refractivity contribution >= 4 is 38.9 Å². The smallest absolute Gasteiger partial charge is 0.356 e. The Bertz CT molecular complexity index is 998. The number of hydrogen-bond donors (Lipinski definition) is 1. The van der Waals surface area contributed by atoms with Gasteiger partial charge < -0.3 is 19.0 Å². The van der Waals surface area contributed by atoms with Gasteiger partial charge in [-0.2, -0.15) is 0 Å². The molecule has 0 aliphatic rings. The van der Waals surface area contributed by atoms with Crippen LogP contribution in [0.1, 0.15) is 45.1 Å². The highest BCUT2D eigenvalue weighted by atomic mass is 32.1. The first kappa shape index (κ1) is 17.3. The van der Waals surface area contributed by atoms with E-state index < -0.39 is 11.9 Å². The average molecular weight is 361 g/mol. The molecule has 3 aromatic rings. The number of carbonyl (C=O) groups is 2. The average Bonchev–Trinajstić information content (AvgIpc) is 3.02. The SMILES string of the molecule is CCOC(=O)c1sc2c(C(=O)OCC)n3cc(C)cc(C)c3c2c1O. The van der Waals surface area contributed by atoms with Crippen molar-refractivity contribution in [3.63, 3.8) is 0 Å². The van der Waals surface area contributed by atoms with Crippen molar-refractivity contribution in [1.29, 1.82) is 0 Å². The lowest BCUT2D eigenvalue weighted by molar-refractivity contribution is 0.0514. The zero-order valence-electron chi connectivity index (χ0n) is 14.5. The van der Waals surface area contributed by atoms with Crippen LogP contribution in [0.4, 0.5) is 0 Å². The van der Waals surface area contributed by atoms with Crippen molar-refractivity contribution in [2.45, 2.75) is 27.7 Å². The second-order valence-corrected chi connectivity index (χ2v) is 6.71. The van der Waals surface area contributed by atoms with Crippen molar-refractivity contribution in [1.82, 2.24) is 4.40 Å². The number of esters is 2. The van der Waals surface area contributed by atoms with Crippen LogP contribution in [0.5, 0.6) is 5.75 Å². The van der Waals surface area contributed by atoms with E-state index in [0.29, 0.717) is 21.3 Å². The van der Waals surface area contributed by atoms with E-state index in [-0.39, 0.29) is 23.8 Å². The standard InChI is InChI=1S/C18H19NO5S/c1-5-23-17(21)13-15-11(12-10(4)7-9(3)8-19(12)13)14(20)16(25-15)18(22)24-6-2/h7-8,20H,5-6H2,1-4H3. The van der Waals surface area contributed by atoms with E-state index in [1.807, 2.05) is 26.1 Å². The van der Waals surface area contributed by atoms with Crippen molar-refractivity contribution in [2.75, 3.05) is 13.2 Å². The Morgan fingerprint density at radius 3 is 2.44 bits per heavy atom. The van der Waals surface area contributed by atoms with Crippen LogP contribution in [0.2, 0.25) is 0 Å². The van der Waals surface area contributed by atoms with Crippen LogP contribution in [-0.2, 0) is 9.47 Å². The molecule has 0 bridgehead atoms. The molecular formula is C18H19NO5S. The van der Waals surface area contributed by atoms with E-state index in [0.717, 1.165) is 22.5 Å². The Kier molecular flexibility index (Phi) is 4.43. The summed E-state index contributed by atoms with van der Waals surface area (Å²) in [6.07, 6.45) is 1.82. The van der Waals surface area contributed by atoms with Gasteiger partial charge in [0.05, 0.1) is 28.8 Å². The number of carbonyl (C=O) groups excluding carboxylic acids is 2. The maximum atomic E-state index is 12.5. The molecule has 1 N–H and O–H groups in total. The van der Waals surface area contributed by atoms with Gasteiger partial charge in [-0.15, -0.1) is 11.3 Å². The molecular weight excluding hydrogens is 342 g/mol. The number of nitrogens with zero attached hydrogens (tertiary/aromatic N) is 1. The van der Waals surface area contributed by atoms with Gasteiger partial charge >= 0.3 is 11.9 Å². The predicted molar refractivity (Wildman–Crippen MR) is 95.8 cm³/mol. The summed E-state index contributed by atoms with van der Waals surface area (Å²) in [7, 11) is 0. The van der Waals surface area contributed by atoms with Crippen LogP contribution >= 0.6 is 11.3 Å². The molecule has 0 unspecified atom stereocenters. The third-order valence-corrected chi connectivity index (χ3v) is 5.06. The number of hydrogen-bond acceptors (Lipinski definition) is 6. The van der Waals surface area contributed by atoms with Crippen LogP contribution in [0.3, 0.4) is 0 Å². The summed E-state index contributed by atoms with van der Waals surface area (Å²) in [5.41, 5.74) is 2.87. The minimum atomic E-state index is -0.598. The molecule has 0 aliphatic carbocycles. The number of aromatic nitrogens is 1. The number of thiophene rings is 1. The van der Waals surface area contributed by atoms with E-state index in [1.54, 1.807) is 18.2 Å². The van der Waals surface area contributed by atoms with E-state index >= 15 is 0 Å². The maximum Gasteiger partial charge on any atom is 0.356 e. The number of aromatic hydroxyl groups is 1. The predicted octanol–water partition coefficient (Wildman–Crippen LogP) is 3.83. The molecule has 0 aliphatic heterocycles. The molecule has 25 heavy (non-hydrogen) atoms. The highest BCUT2D eigenvalue weighted by molar-refractivity contribution is 7.21. The highest BCUT2D eigenvalue weighted by Gasteiger charge is 2.29. The second-order valence-electron chi connectivity index (χ2n) is 5.69. The van der Waals surface area contributed by atoms with Gasteiger partial charge in [0.2, 0.25) is 0 Å². The van der Waals surface area contributed by atoms with E-state index in [9.17, 15) is 14.7 Å². The Hall–Kier alpha value is -2.54.